The van der Waals surface area contributed by atoms with Gasteiger partial charge >= 0.3 is 0 Å². The van der Waals surface area contributed by atoms with Gasteiger partial charge in [-0.2, -0.15) is 0 Å². The summed E-state index contributed by atoms with van der Waals surface area (Å²) in [6, 6.07) is 5.99. The maximum atomic E-state index is 12.3. The number of rotatable bonds is 5. The van der Waals surface area contributed by atoms with E-state index < -0.39 is 0 Å². The molecule has 3 heterocycles. The average molecular weight is 447 g/mol. The summed E-state index contributed by atoms with van der Waals surface area (Å²) in [5.41, 5.74) is 1.86. The van der Waals surface area contributed by atoms with Crippen molar-refractivity contribution in [2.45, 2.75) is 25.7 Å². The van der Waals surface area contributed by atoms with E-state index in [0.29, 0.717) is 12.3 Å². The van der Waals surface area contributed by atoms with Crippen LogP contribution in [-0.2, 0) is 9.53 Å². The molecule has 0 bridgehead atoms. The summed E-state index contributed by atoms with van der Waals surface area (Å²) in [4.78, 5) is 19.3. The number of carbonyl (C=O) groups excluding carboxylic acids is 1. The van der Waals surface area contributed by atoms with E-state index in [2.05, 4.69) is 15.5 Å². The molecule has 4 rings (SSSR count). The minimum Gasteiger partial charge on any atom is -0.378 e. The fourth-order valence-corrected chi connectivity index (χ4v) is 4.67. The van der Waals surface area contributed by atoms with Crippen LogP contribution in [0.15, 0.2) is 18.2 Å². The summed E-state index contributed by atoms with van der Waals surface area (Å²) in [5.74, 6) is 0.794. The van der Waals surface area contributed by atoms with Crippen molar-refractivity contribution in [3.05, 3.63) is 18.2 Å². The minimum atomic E-state index is 0. The van der Waals surface area contributed by atoms with Gasteiger partial charge in [-0.1, -0.05) is 11.3 Å². The molecule has 9 heteroatoms. The lowest BCUT2D eigenvalue weighted by Crippen LogP contribution is -2.36. The SMILES string of the molecule is Cl.Cl.O=C(CCC1CCNCC1)Nc1ccc2nc(N3CCOCC3)sc2c1. The molecule has 0 unspecified atom stereocenters. The van der Waals surface area contributed by atoms with Crippen LogP contribution in [0.3, 0.4) is 0 Å². The van der Waals surface area contributed by atoms with Crippen LogP contribution in [0.1, 0.15) is 25.7 Å². The van der Waals surface area contributed by atoms with Gasteiger partial charge in [0, 0.05) is 25.2 Å². The molecule has 2 N–H and O–H groups in total. The number of fused-ring (bicyclic) bond motifs is 1. The van der Waals surface area contributed by atoms with Crippen LogP contribution < -0.4 is 15.5 Å². The van der Waals surface area contributed by atoms with Crippen LogP contribution in [0.2, 0.25) is 0 Å². The Labute approximate surface area is 182 Å². The standard InChI is InChI=1S/C19H26N4O2S.2ClH/c24-18(4-1-14-5-7-20-8-6-14)21-15-2-3-16-17(13-15)26-19(22-16)23-9-11-25-12-10-23;;/h2-3,13-14,20H,1,4-12H2,(H,21,24);2*1H. The lowest BCUT2D eigenvalue weighted by molar-refractivity contribution is -0.116. The first-order valence-corrected chi connectivity index (χ1v) is 10.3. The molecule has 1 amide bonds. The third-order valence-corrected chi connectivity index (χ3v) is 6.26. The van der Waals surface area contributed by atoms with E-state index in [0.717, 1.165) is 66.8 Å². The Hall–Kier alpha value is -1.12. The molecule has 2 aliphatic heterocycles. The second kappa shape index (κ2) is 11.2. The smallest absolute Gasteiger partial charge is 0.224 e. The van der Waals surface area contributed by atoms with Crippen LogP contribution in [0.25, 0.3) is 10.2 Å². The molecule has 0 atom stereocenters. The van der Waals surface area contributed by atoms with E-state index in [1.54, 1.807) is 11.3 Å². The number of amides is 1. The van der Waals surface area contributed by atoms with Gasteiger partial charge in [-0.25, -0.2) is 4.98 Å². The van der Waals surface area contributed by atoms with Crippen molar-refractivity contribution in [2.24, 2.45) is 5.92 Å². The predicted molar refractivity (Wildman–Crippen MR) is 121 cm³/mol. The van der Waals surface area contributed by atoms with Crippen LogP contribution >= 0.6 is 36.2 Å². The lowest BCUT2D eigenvalue weighted by atomic mass is 9.93. The van der Waals surface area contributed by atoms with Gasteiger partial charge in [0.15, 0.2) is 5.13 Å². The molecule has 1 aromatic carbocycles. The second-order valence-electron chi connectivity index (χ2n) is 7.06. The molecule has 0 saturated carbocycles. The highest BCUT2D eigenvalue weighted by Gasteiger charge is 2.17. The first-order chi connectivity index (χ1) is 12.8. The number of hydrogen-bond donors (Lipinski definition) is 2. The molecule has 2 aromatic rings. The number of nitrogens with one attached hydrogen (secondary N) is 2. The Bertz CT molecular complexity index is 761. The highest BCUT2D eigenvalue weighted by atomic mass is 35.5. The van der Waals surface area contributed by atoms with Gasteiger partial charge < -0.3 is 20.3 Å². The maximum Gasteiger partial charge on any atom is 0.224 e. The molecular weight excluding hydrogens is 419 g/mol. The molecular formula is C19H28Cl2N4O2S. The Kier molecular flexibility index (Phi) is 9.24. The number of carbonyl (C=O) groups is 1. The number of nitrogens with zero attached hydrogens (tertiary/aromatic N) is 2. The second-order valence-corrected chi connectivity index (χ2v) is 8.07. The Morgan fingerprint density at radius 3 is 2.75 bits per heavy atom. The van der Waals surface area contributed by atoms with Gasteiger partial charge in [-0.15, -0.1) is 24.8 Å². The highest BCUT2D eigenvalue weighted by molar-refractivity contribution is 7.22. The van der Waals surface area contributed by atoms with Crippen LogP contribution in [0, 0.1) is 5.92 Å². The molecule has 2 saturated heterocycles. The molecule has 2 fully saturated rings. The highest BCUT2D eigenvalue weighted by Crippen LogP contribution is 2.31. The van der Waals surface area contributed by atoms with Gasteiger partial charge in [-0.05, 0) is 56.5 Å². The number of benzene rings is 1. The summed E-state index contributed by atoms with van der Waals surface area (Å²) in [6.07, 6.45) is 3.96. The van der Waals surface area contributed by atoms with Gasteiger partial charge in [0.2, 0.25) is 5.91 Å². The Morgan fingerprint density at radius 2 is 2.00 bits per heavy atom. The number of morpholine rings is 1. The Morgan fingerprint density at radius 1 is 1.25 bits per heavy atom. The summed E-state index contributed by atoms with van der Waals surface area (Å²) >= 11 is 1.68. The first kappa shape index (κ1) is 23.2. The topological polar surface area (TPSA) is 66.5 Å². The van der Waals surface area contributed by atoms with Crippen LogP contribution in [0.4, 0.5) is 10.8 Å². The Balaban J connectivity index is 0.00000140. The van der Waals surface area contributed by atoms with E-state index >= 15 is 0 Å². The molecule has 1 aromatic heterocycles. The summed E-state index contributed by atoms with van der Waals surface area (Å²) in [6.45, 7) is 5.46. The minimum absolute atomic E-state index is 0. The zero-order valence-electron chi connectivity index (χ0n) is 15.8. The summed E-state index contributed by atoms with van der Waals surface area (Å²) in [7, 11) is 0. The summed E-state index contributed by atoms with van der Waals surface area (Å²) in [5, 5.41) is 7.46. The van der Waals surface area contributed by atoms with E-state index in [9.17, 15) is 4.79 Å². The van der Waals surface area contributed by atoms with Gasteiger partial charge in [0.05, 0.1) is 23.4 Å². The van der Waals surface area contributed by atoms with E-state index in [1.807, 2.05) is 18.2 Å². The monoisotopic (exact) mass is 446 g/mol. The third kappa shape index (κ3) is 5.94. The average Bonchev–Trinajstić information content (AvgIpc) is 3.11. The molecule has 6 nitrogen and oxygen atoms in total. The molecule has 28 heavy (non-hydrogen) atoms. The molecule has 156 valence electrons. The predicted octanol–water partition coefficient (Wildman–Crippen LogP) is 3.69. The molecule has 2 aliphatic rings. The quantitative estimate of drug-likeness (QED) is 0.732. The lowest BCUT2D eigenvalue weighted by Gasteiger charge is -2.25. The van der Waals surface area contributed by atoms with Crippen LogP contribution in [-0.4, -0.2) is 50.3 Å². The molecule has 0 spiro atoms. The summed E-state index contributed by atoms with van der Waals surface area (Å²) < 4.78 is 6.52. The number of aromatic nitrogens is 1. The number of piperidine rings is 1. The molecule has 0 radical (unpaired) electrons. The fraction of sp³-hybridized carbons (Fsp3) is 0.579. The van der Waals surface area contributed by atoms with Crippen molar-refractivity contribution in [1.29, 1.82) is 0 Å². The van der Waals surface area contributed by atoms with Crippen LogP contribution in [0.5, 0.6) is 0 Å². The number of anilines is 2. The van der Waals surface area contributed by atoms with Gasteiger partial charge in [-0.3, -0.25) is 4.79 Å². The molecule has 0 aliphatic carbocycles. The number of halogens is 2. The van der Waals surface area contributed by atoms with Gasteiger partial charge in [0.1, 0.15) is 0 Å². The zero-order valence-corrected chi connectivity index (χ0v) is 18.3. The van der Waals surface area contributed by atoms with E-state index in [4.69, 9.17) is 9.72 Å². The van der Waals surface area contributed by atoms with Crippen molar-refractivity contribution < 1.29 is 9.53 Å². The van der Waals surface area contributed by atoms with Crippen molar-refractivity contribution in [1.82, 2.24) is 10.3 Å². The normalized spacial score (nSPS) is 17.6. The first-order valence-electron chi connectivity index (χ1n) is 9.52. The van der Waals surface area contributed by atoms with E-state index in [-0.39, 0.29) is 30.7 Å². The van der Waals surface area contributed by atoms with Crippen molar-refractivity contribution >= 4 is 63.1 Å². The fourth-order valence-electron chi connectivity index (χ4n) is 3.61. The van der Waals surface area contributed by atoms with Crippen molar-refractivity contribution in [3.63, 3.8) is 0 Å². The van der Waals surface area contributed by atoms with Crippen molar-refractivity contribution in [2.75, 3.05) is 49.6 Å². The van der Waals surface area contributed by atoms with Crippen molar-refractivity contribution in [3.8, 4) is 0 Å². The van der Waals surface area contributed by atoms with E-state index in [1.165, 1.54) is 12.8 Å². The number of hydrogen-bond acceptors (Lipinski definition) is 6. The zero-order chi connectivity index (χ0) is 17.8. The number of thiazole rings is 1. The largest absolute Gasteiger partial charge is 0.378 e. The number of ether oxygens (including phenoxy) is 1. The maximum absolute atomic E-state index is 12.3. The third-order valence-electron chi connectivity index (χ3n) is 5.18. The van der Waals surface area contributed by atoms with Gasteiger partial charge in [0.25, 0.3) is 0 Å².